The second kappa shape index (κ2) is 8.69. The van der Waals surface area contributed by atoms with Crippen LogP contribution in [0.1, 0.15) is 19.3 Å². The predicted molar refractivity (Wildman–Crippen MR) is 108 cm³/mol. The maximum atomic E-state index is 13.1. The number of rotatable bonds is 7. The maximum absolute atomic E-state index is 13.1. The van der Waals surface area contributed by atoms with Crippen molar-refractivity contribution in [2.24, 2.45) is 11.1 Å². The summed E-state index contributed by atoms with van der Waals surface area (Å²) in [6, 6.07) is 11.7. The fourth-order valence-electron chi connectivity index (χ4n) is 3.49. The van der Waals surface area contributed by atoms with Crippen molar-refractivity contribution in [1.29, 1.82) is 0 Å². The van der Waals surface area contributed by atoms with Crippen LogP contribution in [0.2, 0.25) is 5.02 Å². The zero-order valence-electron chi connectivity index (χ0n) is 15.7. The van der Waals surface area contributed by atoms with E-state index in [1.807, 2.05) is 0 Å². The van der Waals surface area contributed by atoms with Gasteiger partial charge in [-0.3, -0.25) is 4.79 Å². The zero-order chi connectivity index (χ0) is 21.1. The highest BCUT2D eigenvalue weighted by Gasteiger charge is 2.40. The fourth-order valence-corrected chi connectivity index (χ4v) is 5.11. The molecule has 1 heterocycles. The number of halogens is 2. The van der Waals surface area contributed by atoms with E-state index in [1.165, 1.54) is 16.4 Å². The van der Waals surface area contributed by atoms with Crippen molar-refractivity contribution >= 4 is 27.5 Å². The van der Waals surface area contributed by atoms with Crippen LogP contribution in [0.5, 0.6) is 5.75 Å². The van der Waals surface area contributed by atoms with Gasteiger partial charge >= 0.3 is 0 Å². The number of benzene rings is 2. The third-order valence-electron chi connectivity index (χ3n) is 5.12. The predicted octanol–water partition coefficient (Wildman–Crippen LogP) is 3.20. The Hall–Kier alpha value is -2.16. The Bertz CT molecular complexity index is 974. The molecular formula is C20H22ClFN2O4S. The quantitative estimate of drug-likeness (QED) is 0.715. The number of nitrogens with zero attached hydrogens (tertiary/aromatic N) is 1. The lowest BCUT2D eigenvalue weighted by Crippen LogP contribution is -2.47. The van der Waals surface area contributed by atoms with Crippen molar-refractivity contribution < 1.29 is 22.3 Å². The summed E-state index contributed by atoms with van der Waals surface area (Å²) in [5, 5.41) is 0.534. The second-order valence-corrected chi connectivity index (χ2v) is 9.62. The van der Waals surface area contributed by atoms with Gasteiger partial charge in [0.25, 0.3) is 0 Å². The third-order valence-corrected chi connectivity index (χ3v) is 7.27. The van der Waals surface area contributed by atoms with Gasteiger partial charge in [0.1, 0.15) is 11.6 Å². The van der Waals surface area contributed by atoms with E-state index in [9.17, 15) is 17.6 Å². The molecule has 0 bridgehead atoms. The minimum atomic E-state index is -3.74. The van der Waals surface area contributed by atoms with Crippen molar-refractivity contribution in [2.75, 3.05) is 19.7 Å². The molecule has 0 aliphatic carbocycles. The van der Waals surface area contributed by atoms with Gasteiger partial charge < -0.3 is 10.5 Å². The summed E-state index contributed by atoms with van der Waals surface area (Å²) in [7, 11) is -3.74. The topological polar surface area (TPSA) is 89.7 Å². The van der Waals surface area contributed by atoms with Gasteiger partial charge in [0.2, 0.25) is 15.9 Å². The van der Waals surface area contributed by atoms with E-state index < -0.39 is 27.2 Å². The molecule has 2 aromatic carbocycles. The Morgan fingerprint density at radius 1 is 1.17 bits per heavy atom. The number of carbonyl (C=O) groups excluding carboxylic acids is 1. The number of piperidine rings is 1. The Kier molecular flexibility index (Phi) is 6.45. The van der Waals surface area contributed by atoms with Gasteiger partial charge in [-0.1, -0.05) is 17.7 Å². The molecule has 1 amide bonds. The van der Waals surface area contributed by atoms with Crippen LogP contribution in [-0.2, 0) is 14.8 Å². The molecule has 0 saturated carbocycles. The van der Waals surface area contributed by atoms with E-state index in [2.05, 4.69) is 0 Å². The van der Waals surface area contributed by atoms with Gasteiger partial charge in [-0.05, 0) is 55.3 Å². The Balaban J connectivity index is 1.72. The smallest absolute Gasteiger partial charge is 0.243 e. The van der Waals surface area contributed by atoms with E-state index in [-0.39, 0.29) is 31.0 Å². The number of ether oxygens (including phenoxy) is 1. The summed E-state index contributed by atoms with van der Waals surface area (Å²) in [6.45, 7) is 0.651. The molecular weight excluding hydrogens is 419 g/mol. The number of amides is 1. The molecule has 0 unspecified atom stereocenters. The van der Waals surface area contributed by atoms with Crippen LogP contribution in [-0.4, -0.2) is 38.3 Å². The maximum Gasteiger partial charge on any atom is 0.243 e. The SMILES string of the molecule is NC(=O)CC1(COc2cccc(Cl)c2)CCN(S(=O)(=O)c2ccc(F)cc2)CC1. The molecule has 0 radical (unpaired) electrons. The summed E-state index contributed by atoms with van der Waals surface area (Å²) < 4.78 is 45.9. The first-order chi connectivity index (χ1) is 13.7. The summed E-state index contributed by atoms with van der Waals surface area (Å²) in [5.74, 6) is -0.390. The second-order valence-electron chi connectivity index (χ2n) is 7.25. The Labute approximate surface area is 174 Å². The molecule has 3 rings (SSSR count). The monoisotopic (exact) mass is 440 g/mol. The van der Waals surface area contributed by atoms with Crippen molar-refractivity contribution in [3.8, 4) is 5.75 Å². The van der Waals surface area contributed by atoms with E-state index >= 15 is 0 Å². The average molecular weight is 441 g/mol. The van der Waals surface area contributed by atoms with E-state index in [0.717, 1.165) is 12.1 Å². The molecule has 1 aliphatic heterocycles. The van der Waals surface area contributed by atoms with E-state index in [0.29, 0.717) is 23.6 Å². The molecule has 0 spiro atoms. The summed E-state index contributed by atoms with van der Waals surface area (Å²) in [5.41, 5.74) is 4.88. The normalized spacial score (nSPS) is 17.0. The molecule has 29 heavy (non-hydrogen) atoms. The third kappa shape index (κ3) is 5.26. The largest absolute Gasteiger partial charge is 0.493 e. The molecule has 0 aromatic heterocycles. The van der Waals surface area contributed by atoms with Crippen LogP contribution >= 0.6 is 11.6 Å². The van der Waals surface area contributed by atoms with Crippen LogP contribution < -0.4 is 10.5 Å². The number of hydrogen-bond donors (Lipinski definition) is 1. The number of carbonyl (C=O) groups is 1. The summed E-state index contributed by atoms with van der Waals surface area (Å²) in [4.78, 5) is 11.7. The van der Waals surface area contributed by atoms with Gasteiger partial charge in [-0.25, -0.2) is 12.8 Å². The first kappa shape index (κ1) is 21.5. The molecule has 2 aromatic rings. The van der Waals surface area contributed by atoms with Gasteiger partial charge in [0.15, 0.2) is 0 Å². The molecule has 2 N–H and O–H groups in total. The lowest BCUT2D eigenvalue weighted by Gasteiger charge is -2.40. The lowest BCUT2D eigenvalue weighted by atomic mass is 9.76. The average Bonchev–Trinajstić information content (AvgIpc) is 2.67. The first-order valence-electron chi connectivity index (χ1n) is 9.13. The van der Waals surface area contributed by atoms with Crippen molar-refractivity contribution in [1.82, 2.24) is 4.31 Å². The van der Waals surface area contributed by atoms with Gasteiger partial charge in [0.05, 0.1) is 11.5 Å². The standard InChI is InChI=1S/C20H22ClFN2O4S/c21-15-2-1-3-17(12-15)28-14-20(13-19(23)25)8-10-24(11-9-20)29(26,27)18-6-4-16(22)5-7-18/h1-7,12H,8-11,13-14H2,(H2,23,25). The van der Waals surface area contributed by atoms with E-state index in [1.54, 1.807) is 24.3 Å². The van der Waals surface area contributed by atoms with Crippen molar-refractivity contribution in [3.63, 3.8) is 0 Å². The minimum Gasteiger partial charge on any atom is -0.493 e. The molecule has 0 atom stereocenters. The number of primary amides is 1. The van der Waals surface area contributed by atoms with Crippen LogP contribution in [0.4, 0.5) is 4.39 Å². The highest BCUT2D eigenvalue weighted by Crippen LogP contribution is 2.37. The van der Waals surface area contributed by atoms with Crippen LogP contribution in [0.15, 0.2) is 53.4 Å². The number of nitrogens with two attached hydrogens (primary N) is 1. The van der Waals surface area contributed by atoms with Crippen LogP contribution in [0, 0.1) is 11.2 Å². The first-order valence-corrected chi connectivity index (χ1v) is 10.9. The summed E-state index contributed by atoms with van der Waals surface area (Å²) >= 11 is 5.97. The van der Waals surface area contributed by atoms with Crippen molar-refractivity contribution in [3.05, 3.63) is 59.4 Å². The van der Waals surface area contributed by atoms with Crippen LogP contribution in [0.3, 0.4) is 0 Å². The molecule has 9 heteroatoms. The molecule has 6 nitrogen and oxygen atoms in total. The van der Waals surface area contributed by atoms with Crippen LogP contribution in [0.25, 0.3) is 0 Å². The van der Waals surface area contributed by atoms with Gasteiger partial charge in [-0.2, -0.15) is 4.31 Å². The molecule has 1 saturated heterocycles. The fraction of sp³-hybridized carbons (Fsp3) is 0.350. The van der Waals surface area contributed by atoms with E-state index in [4.69, 9.17) is 22.1 Å². The number of hydrogen-bond acceptors (Lipinski definition) is 4. The highest BCUT2D eigenvalue weighted by molar-refractivity contribution is 7.89. The van der Waals surface area contributed by atoms with Gasteiger partial charge in [-0.15, -0.1) is 0 Å². The lowest BCUT2D eigenvalue weighted by molar-refractivity contribution is -0.121. The zero-order valence-corrected chi connectivity index (χ0v) is 17.3. The van der Waals surface area contributed by atoms with Crippen molar-refractivity contribution in [2.45, 2.75) is 24.2 Å². The minimum absolute atomic E-state index is 0.0384. The molecule has 1 aliphatic rings. The molecule has 1 fully saturated rings. The molecule has 156 valence electrons. The Morgan fingerprint density at radius 2 is 1.83 bits per heavy atom. The van der Waals surface area contributed by atoms with Gasteiger partial charge in [0, 0.05) is 29.9 Å². The number of sulfonamides is 1. The summed E-state index contributed by atoms with van der Waals surface area (Å²) in [6.07, 6.45) is 0.922. The highest BCUT2D eigenvalue weighted by atomic mass is 35.5. The Morgan fingerprint density at radius 3 is 2.41 bits per heavy atom.